The molecule has 2 rings (SSSR count). The van der Waals surface area contributed by atoms with Crippen LogP contribution in [0.15, 0.2) is 30.3 Å². The quantitative estimate of drug-likeness (QED) is 0.890. The van der Waals surface area contributed by atoms with Crippen LogP contribution in [-0.2, 0) is 16.6 Å². The third-order valence-corrected chi connectivity index (χ3v) is 4.47. The average molecular weight is 307 g/mol. The molecule has 0 fully saturated rings. The maximum Gasteiger partial charge on any atom is 0.232 e. The van der Waals surface area contributed by atoms with Crippen LogP contribution in [0.1, 0.15) is 19.0 Å². The number of sulfonamides is 1. The highest BCUT2D eigenvalue weighted by Crippen LogP contribution is 2.23. The van der Waals surface area contributed by atoms with Crippen LogP contribution in [0.3, 0.4) is 0 Å². The summed E-state index contributed by atoms with van der Waals surface area (Å²) >= 11 is 0. The van der Waals surface area contributed by atoms with Gasteiger partial charge in [0, 0.05) is 11.9 Å². The zero-order valence-corrected chi connectivity index (χ0v) is 13.4. The van der Waals surface area contributed by atoms with Crippen molar-refractivity contribution in [2.24, 2.45) is 0 Å². The van der Waals surface area contributed by atoms with Crippen LogP contribution in [0.4, 0.5) is 5.69 Å². The van der Waals surface area contributed by atoms with Gasteiger partial charge in [0.05, 0.1) is 22.7 Å². The zero-order chi connectivity index (χ0) is 15.5. The van der Waals surface area contributed by atoms with Gasteiger partial charge in [0.2, 0.25) is 10.0 Å². The molecule has 0 atom stereocenters. The Morgan fingerprint density at radius 2 is 1.95 bits per heavy atom. The summed E-state index contributed by atoms with van der Waals surface area (Å²) in [4.78, 5) is 6.62. The van der Waals surface area contributed by atoms with E-state index in [4.69, 9.17) is 0 Å². The number of anilines is 1. The second kappa shape index (κ2) is 6.41. The second-order valence-corrected chi connectivity index (χ2v) is 7.18. The Balaban J connectivity index is 2.43. The van der Waals surface area contributed by atoms with Gasteiger partial charge in [-0.1, -0.05) is 25.1 Å². The molecule has 0 saturated carbocycles. The normalized spacial score (nSPS) is 12.0. The number of nitrogens with one attached hydrogen (secondary N) is 1. The molecule has 0 spiro atoms. The zero-order valence-electron chi connectivity index (χ0n) is 12.6. The van der Waals surface area contributed by atoms with Gasteiger partial charge in [0.25, 0.3) is 0 Å². The van der Waals surface area contributed by atoms with E-state index in [1.54, 1.807) is 6.07 Å². The first-order chi connectivity index (χ1) is 9.91. The Morgan fingerprint density at radius 1 is 1.19 bits per heavy atom. The number of pyridine rings is 1. The van der Waals surface area contributed by atoms with Gasteiger partial charge < -0.3 is 4.90 Å². The van der Waals surface area contributed by atoms with Crippen molar-refractivity contribution >= 4 is 26.6 Å². The van der Waals surface area contributed by atoms with Crippen LogP contribution in [0, 0.1) is 0 Å². The van der Waals surface area contributed by atoms with E-state index in [1.807, 2.05) is 50.2 Å². The summed E-state index contributed by atoms with van der Waals surface area (Å²) < 4.78 is 26.6. The van der Waals surface area contributed by atoms with E-state index < -0.39 is 10.0 Å². The average Bonchev–Trinajstić information content (AvgIpc) is 2.38. The standard InChI is InChI=1S/C15H21N3O2S/c1-4-10-21(19,20)17-14-7-5-6-12-8-9-13(11-18(2)3)16-15(12)14/h5-9,17H,4,10-11H2,1-3H3. The smallest absolute Gasteiger partial charge is 0.232 e. The summed E-state index contributed by atoms with van der Waals surface area (Å²) in [6.45, 7) is 2.56. The Labute approximate surface area is 126 Å². The van der Waals surface area contributed by atoms with Crippen molar-refractivity contribution in [3.8, 4) is 0 Å². The molecule has 1 heterocycles. The Morgan fingerprint density at radius 3 is 2.62 bits per heavy atom. The minimum atomic E-state index is -3.31. The summed E-state index contributed by atoms with van der Waals surface area (Å²) in [5, 5.41) is 0.925. The number of nitrogens with zero attached hydrogens (tertiary/aromatic N) is 2. The third-order valence-electron chi connectivity index (χ3n) is 2.99. The highest BCUT2D eigenvalue weighted by Gasteiger charge is 2.12. The van der Waals surface area contributed by atoms with Gasteiger partial charge >= 0.3 is 0 Å². The van der Waals surface area contributed by atoms with Crippen LogP contribution in [0.2, 0.25) is 0 Å². The van der Waals surface area contributed by atoms with Crippen LogP contribution in [-0.4, -0.2) is 38.1 Å². The summed E-state index contributed by atoms with van der Waals surface area (Å²) in [6.07, 6.45) is 0.583. The lowest BCUT2D eigenvalue weighted by Crippen LogP contribution is -2.17. The molecule has 1 aromatic carbocycles. The third kappa shape index (κ3) is 4.15. The molecule has 0 bridgehead atoms. The lowest BCUT2D eigenvalue weighted by atomic mass is 10.2. The van der Waals surface area contributed by atoms with Crippen LogP contribution >= 0.6 is 0 Å². The molecule has 0 radical (unpaired) electrons. The summed E-state index contributed by atoms with van der Waals surface area (Å²) in [5.74, 6) is 0.112. The molecule has 2 aromatic rings. The predicted octanol–water partition coefficient (Wildman–Crippen LogP) is 2.45. The van der Waals surface area contributed by atoms with E-state index in [0.717, 1.165) is 11.1 Å². The van der Waals surface area contributed by atoms with Gasteiger partial charge in [0.15, 0.2) is 0 Å². The van der Waals surface area contributed by atoms with E-state index >= 15 is 0 Å². The second-order valence-electron chi connectivity index (χ2n) is 5.34. The van der Waals surface area contributed by atoms with Crippen molar-refractivity contribution in [1.82, 2.24) is 9.88 Å². The van der Waals surface area contributed by atoms with Gasteiger partial charge in [-0.25, -0.2) is 13.4 Å². The van der Waals surface area contributed by atoms with Crippen molar-refractivity contribution in [3.05, 3.63) is 36.0 Å². The van der Waals surface area contributed by atoms with Crippen LogP contribution < -0.4 is 4.72 Å². The van der Waals surface area contributed by atoms with Crippen molar-refractivity contribution in [1.29, 1.82) is 0 Å². The van der Waals surface area contributed by atoms with E-state index in [1.165, 1.54) is 0 Å². The molecule has 0 aliphatic heterocycles. The van der Waals surface area contributed by atoms with Gasteiger partial charge in [-0.05, 0) is 32.6 Å². The van der Waals surface area contributed by atoms with Crippen LogP contribution in [0.25, 0.3) is 10.9 Å². The maximum atomic E-state index is 12.0. The molecule has 0 aliphatic carbocycles. The minimum absolute atomic E-state index is 0.112. The molecule has 0 aliphatic rings. The molecule has 114 valence electrons. The first kappa shape index (κ1) is 15.7. The lowest BCUT2D eigenvalue weighted by molar-refractivity contribution is 0.397. The first-order valence-corrected chi connectivity index (χ1v) is 8.60. The lowest BCUT2D eigenvalue weighted by Gasteiger charge is -2.12. The summed E-state index contributed by atoms with van der Waals surface area (Å²) in [7, 11) is 0.635. The van der Waals surface area contributed by atoms with Crippen molar-refractivity contribution in [3.63, 3.8) is 0 Å². The number of rotatable bonds is 6. The number of aromatic nitrogens is 1. The molecule has 1 N–H and O–H groups in total. The predicted molar refractivity (Wildman–Crippen MR) is 86.8 cm³/mol. The van der Waals surface area contributed by atoms with Crippen molar-refractivity contribution in [2.75, 3.05) is 24.6 Å². The highest BCUT2D eigenvalue weighted by molar-refractivity contribution is 7.92. The van der Waals surface area contributed by atoms with Crippen LogP contribution in [0.5, 0.6) is 0 Å². The van der Waals surface area contributed by atoms with Gasteiger partial charge in [0.1, 0.15) is 0 Å². The molecule has 5 nitrogen and oxygen atoms in total. The maximum absolute atomic E-state index is 12.0. The fourth-order valence-electron chi connectivity index (χ4n) is 2.17. The minimum Gasteiger partial charge on any atom is -0.304 e. The summed E-state index contributed by atoms with van der Waals surface area (Å²) in [5.41, 5.74) is 2.15. The van der Waals surface area contributed by atoms with Crippen molar-refractivity contribution in [2.45, 2.75) is 19.9 Å². The van der Waals surface area contributed by atoms with Crippen molar-refractivity contribution < 1.29 is 8.42 Å². The number of fused-ring (bicyclic) bond motifs is 1. The molecule has 21 heavy (non-hydrogen) atoms. The molecule has 6 heteroatoms. The number of hydrogen-bond acceptors (Lipinski definition) is 4. The van der Waals surface area contributed by atoms with E-state index in [2.05, 4.69) is 9.71 Å². The number of benzene rings is 1. The molecular formula is C15H21N3O2S. The first-order valence-electron chi connectivity index (χ1n) is 6.95. The number of hydrogen-bond donors (Lipinski definition) is 1. The largest absolute Gasteiger partial charge is 0.304 e. The topological polar surface area (TPSA) is 62.3 Å². The Bertz CT molecular complexity index is 727. The van der Waals surface area contributed by atoms with E-state index in [9.17, 15) is 8.42 Å². The molecule has 0 amide bonds. The molecule has 0 unspecified atom stereocenters. The van der Waals surface area contributed by atoms with Gasteiger partial charge in [-0.3, -0.25) is 4.72 Å². The SMILES string of the molecule is CCCS(=O)(=O)Nc1cccc2ccc(CN(C)C)nc12. The Kier molecular flexibility index (Phi) is 4.80. The monoisotopic (exact) mass is 307 g/mol. The fraction of sp³-hybridized carbons (Fsp3) is 0.400. The van der Waals surface area contributed by atoms with E-state index in [0.29, 0.717) is 24.2 Å². The Hall–Kier alpha value is -1.66. The van der Waals surface area contributed by atoms with Gasteiger partial charge in [-0.2, -0.15) is 0 Å². The van der Waals surface area contributed by atoms with Gasteiger partial charge in [-0.15, -0.1) is 0 Å². The fourth-order valence-corrected chi connectivity index (χ4v) is 3.31. The number of para-hydroxylation sites is 1. The highest BCUT2D eigenvalue weighted by atomic mass is 32.2. The summed E-state index contributed by atoms with van der Waals surface area (Å²) in [6, 6.07) is 9.45. The molecule has 1 aromatic heterocycles. The van der Waals surface area contributed by atoms with E-state index in [-0.39, 0.29) is 5.75 Å². The molecule has 0 saturated heterocycles. The molecular weight excluding hydrogens is 286 g/mol.